The summed E-state index contributed by atoms with van der Waals surface area (Å²) in [5.41, 5.74) is 0.644. The number of esters is 4. The van der Waals surface area contributed by atoms with Crippen molar-refractivity contribution >= 4 is 62.8 Å². The Morgan fingerprint density at radius 1 is 0.912 bits per heavy atom. The Bertz CT molecular complexity index is 945. The van der Waals surface area contributed by atoms with Crippen molar-refractivity contribution in [3.63, 3.8) is 0 Å². The minimum absolute atomic E-state index is 0.0906. The molecule has 1 aromatic rings. The molecular weight excluding hydrogens is 536 g/mol. The molecule has 34 heavy (non-hydrogen) atoms. The molecule has 1 aliphatic rings. The summed E-state index contributed by atoms with van der Waals surface area (Å²) in [5.74, 6) is -2.74. The smallest absolute Gasteiger partial charge is 0.303 e. The molecule has 0 bridgehead atoms. The van der Waals surface area contributed by atoms with Crippen LogP contribution in [0, 0.1) is 0 Å². The Morgan fingerprint density at radius 2 is 1.47 bits per heavy atom. The summed E-state index contributed by atoms with van der Waals surface area (Å²) in [6.45, 7) is 4.32. The van der Waals surface area contributed by atoms with Gasteiger partial charge in [-0.25, -0.2) is 0 Å². The zero-order valence-corrected chi connectivity index (χ0v) is 21.3. The number of halogens is 1. The predicted molar refractivity (Wildman–Crippen MR) is 125 cm³/mol. The van der Waals surface area contributed by atoms with Crippen LogP contribution in [0.25, 0.3) is 0 Å². The maximum absolute atomic E-state index is 11.9. The highest BCUT2D eigenvalue weighted by molar-refractivity contribution is 9.10. The summed E-state index contributed by atoms with van der Waals surface area (Å²) in [6.07, 6.45) is -6.04. The van der Waals surface area contributed by atoms with E-state index in [4.69, 9.17) is 35.9 Å². The number of anilines is 1. The summed E-state index contributed by atoms with van der Waals surface area (Å²) in [7, 11) is 0. The molecule has 0 aromatic heterocycles. The molecule has 11 nitrogen and oxygen atoms in total. The predicted octanol–water partition coefficient (Wildman–Crippen LogP) is 1.82. The van der Waals surface area contributed by atoms with Crippen molar-refractivity contribution in [3.8, 4) is 0 Å². The van der Waals surface area contributed by atoms with Crippen LogP contribution in [0.5, 0.6) is 0 Å². The van der Waals surface area contributed by atoms with E-state index in [1.807, 2.05) is 6.07 Å². The van der Waals surface area contributed by atoms with Crippen molar-refractivity contribution in [3.05, 3.63) is 28.7 Å². The minimum atomic E-state index is -1.29. The highest BCUT2D eigenvalue weighted by Crippen LogP contribution is 2.29. The van der Waals surface area contributed by atoms with Gasteiger partial charge in [-0.3, -0.25) is 19.2 Å². The Kier molecular flexibility index (Phi) is 10.2. The molecule has 1 fully saturated rings. The second-order valence-electron chi connectivity index (χ2n) is 7.20. The van der Waals surface area contributed by atoms with Crippen LogP contribution in [0.15, 0.2) is 28.7 Å². The molecule has 0 aliphatic carbocycles. The number of benzene rings is 1. The van der Waals surface area contributed by atoms with Crippen molar-refractivity contribution in [2.75, 3.05) is 11.9 Å². The van der Waals surface area contributed by atoms with Gasteiger partial charge in [-0.2, -0.15) is 0 Å². The van der Waals surface area contributed by atoms with Gasteiger partial charge < -0.3 is 34.3 Å². The SMILES string of the molecule is CC(=O)OCC1OC(NC(=S)Nc2ccccc2Br)C(OC(C)=O)C(OC(C)=O)C1OC(C)=O. The number of hydrogen-bond acceptors (Lipinski definition) is 10. The van der Waals surface area contributed by atoms with E-state index < -0.39 is 54.5 Å². The van der Waals surface area contributed by atoms with E-state index in [1.54, 1.807) is 18.2 Å². The summed E-state index contributed by atoms with van der Waals surface area (Å²) < 4.78 is 27.8. The third kappa shape index (κ3) is 8.22. The van der Waals surface area contributed by atoms with Crippen LogP contribution in [-0.2, 0) is 42.9 Å². The zero-order chi connectivity index (χ0) is 25.4. The third-order valence-electron chi connectivity index (χ3n) is 4.39. The zero-order valence-electron chi connectivity index (χ0n) is 18.9. The quantitative estimate of drug-likeness (QED) is 0.285. The molecule has 5 unspecified atom stereocenters. The largest absolute Gasteiger partial charge is 0.463 e. The van der Waals surface area contributed by atoms with E-state index in [1.165, 1.54) is 6.92 Å². The van der Waals surface area contributed by atoms with Gasteiger partial charge in [0.1, 0.15) is 12.7 Å². The van der Waals surface area contributed by atoms with E-state index in [-0.39, 0.29) is 11.7 Å². The van der Waals surface area contributed by atoms with Crippen LogP contribution in [0.4, 0.5) is 5.69 Å². The lowest BCUT2D eigenvalue weighted by Gasteiger charge is -2.44. The van der Waals surface area contributed by atoms with Gasteiger partial charge in [0.2, 0.25) is 0 Å². The number of carbonyl (C=O) groups is 4. The van der Waals surface area contributed by atoms with E-state index in [0.717, 1.165) is 25.2 Å². The van der Waals surface area contributed by atoms with Crippen LogP contribution in [0.3, 0.4) is 0 Å². The van der Waals surface area contributed by atoms with Gasteiger partial charge in [-0.1, -0.05) is 12.1 Å². The van der Waals surface area contributed by atoms with Gasteiger partial charge in [-0.15, -0.1) is 0 Å². The van der Waals surface area contributed by atoms with Crippen molar-refractivity contribution in [1.29, 1.82) is 0 Å². The van der Waals surface area contributed by atoms with Gasteiger partial charge in [-0.05, 0) is 40.3 Å². The molecule has 5 atom stereocenters. The second-order valence-corrected chi connectivity index (χ2v) is 8.46. The van der Waals surface area contributed by atoms with E-state index in [2.05, 4.69) is 26.6 Å². The Balaban J connectivity index is 2.37. The molecule has 1 aliphatic heterocycles. The number of para-hydroxylation sites is 1. The van der Waals surface area contributed by atoms with Crippen LogP contribution >= 0.6 is 28.1 Å². The van der Waals surface area contributed by atoms with E-state index >= 15 is 0 Å². The van der Waals surface area contributed by atoms with Gasteiger partial charge in [0.05, 0.1) is 5.69 Å². The highest BCUT2D eigenvalue weighted by atomic mass is 79.9. The molecule has 0 radical (unpaired) electrons. The topological polar surface area (TPSA) is 138 Å². The fraction of sp³-hybridized carbons (Fsp3) is 0.476. The molecule has 2 N–H and O–H groups in total. The molecule has 0 saturated carbocycles. The first kappa shape index (κ1) is 27.5. The van der Waals surface area contributed by atoms with E-state index in [0.29, 0.717) is 5.69 Å². The van der Waals surface area contributed by atoms with Crippen molar-refractivity contribution < 1.29 is 42.9 Å². The van der Waals surface area contributed by atoms with Crippen LogP contribution in [0.1, 0.15) is 27.7 Å². The van der Waals surface area contributed by atoms with Crippen LogP contribution in [0.2, 0.25) is 0 Å². The molecule has 1 heterocycles. The summed E-state index contributed by atoms with van der Waals surface area (Å²) >= 11 is 8.77. The normalized spacial score (nSPS) is 23.7. The minimum Gasteiger partial charge on any atom is -0.463 e. The molecule has 2 rings (SSSR count). The number of ether oxygens (including phenoxy) is 5. The van der Waals surface area contributed by atoms with Crippen molar-refractivity contribution in [1.82, 2.24) is 5.32 Å². The lowest BCUT2D eigenvalue weighted by molar-refractivity contribution is -0.254. The first-order valence-electron chi connectivity index (χ1n) is 10.1. The van der Waals surface area contributed by atoms with Crippen LogP contribution in [-0.4, -0.2) is 66.2 Å². The molecule has 0 amide bonds. The third-order valence-corrected chi connectivity index (χ3v) is 5.30. The van der Waals surface area contributed by atoms with Gasteiger partial charge in [0.15, 0.2) is 29.7 Å². The summed E-state index contributed by atoms with van der Waals surface area (Å²) in [5, 5.41) is 5.93. The molecule has 13 heteroatoms. The standard InChI is InChI=1S/C21H25BrN2O9S/c1-10(25)29-9-16-17(30-11(2)26)18(31-12(3)27)19(32-13(4)28)20(33-16)24-21(34)23-15-8-6-5-7-14(15)22/h5-8,16-20H,9H2,1-4H3,(H2,23,24,34). The second kappa shape index (κ2) is 12.6. The summed E-state index contributed by atoms with van der Waals surface area (Å²) in [6, 6.07) is 7.19. The lowest BCUT2D eigenvalue weighted by atomic mass is 9.97. The molecule has 1 aromatic carbocycles. The fourth-order valence-corrected chi connectivity index (χ4v) is 3.80. The maximum Gasteiger partial charge on any atom is 0.303 e. The Hall–Kier alpha value is -2.77. The monoisotopic (exact) mass is 560 g/mol. The molecule has 1 saturated heterocycles. The number of thiocarbonyl (C=S) groups is 1. The average Bonchev–Trinajstić information content (AvgIpc) is 2.71. The van der Waals surface area contributed by atoms with Crippen molar-refractivity contribution in [2.45, 2.75) is 58.3 Å². The first-order valence-corrected chi connectivity index (χ1v) is 11.3. The first-order chi connectivity index (χ1) is 16.0. The lowest BCUT2D eigenvalue weighted by Crippen LogP contribution is -2.66. The molecule has 0 spiro atoms. The fourth-order valence-electron chi connectivity index (χ4n) is 3.19. The van der Waals surface area contributed by atoms with Crippen LogP contribution < -0.4 is 10.6 Å². The number of carbonyl (C=O) groups excluding carboxylic acids is 4. The number of nitrogens with one attached hydrogen (secondary N) is 2. The Labute approximate surface area is 209 Å². The van der Waals surface area contributed by atoms with Crippen molar-refractivity contribution in [2.24, 2.45) is 0 Å². The maximum atomic E-state index is 11.9. The average molecular weight is 561 g/mol. The molecular formula is C21H25BrN2O9S. The molecule has 186 valence electrons. The van der Waals surface area contributed by atoms with Gasteiger partial charge >= 0.3 is 23.9 Å². The van der Waals surface area contributed by atoms with Gasteiger partial charge in [0.25, 0.3) is 0 Å². The summed E-state index contributed by atoms with van der Waals surface area (Å²) in [4.78, 5) is 46.9. The number of rotatable bonds is 7. The number of hydrogen-bond donors (Lipinski definition) is 2. The van der Waals surface area contributed by atoms with Gasteiger partial charge in [0, 0.05) is 32.2 Å². The van der Waals surface area contributed by atoms with E-state index in [9.17, 15) is 19.2 Å². The Morgan fingerprint density at radius 3 is 2.03 bits per heavy atom. The highest BCUT2D eigenvalue weighted by Gasteiger charge is 2.52.